The number of hydrogen-bond acceptors (Lipinski definition) is 5. The molecule has 34 heavy (non-hydrogen) atoms. The van der Waals surface area contributed by atoms with Crippen LogP contribution in [0.3, 0.4) is 0 Å². The van der Waals surface area contributed by atoms with Crippen molar-refractivity contribution < 1.29 is 19.0 Å². The third-order valence-electron chi connectivity index (χ3n) is 6.81. The van der Waals surface area contributed by atoms with Crippen molar-refractivity contribution in [3.8, 4) is 11.5 Å². The molecule has 0 aliphatic carbocycles. The van der Waals surface area contributed by atoms with Gasteiger partial charge in [0.25, 0.3) is 5.91 Å². The molecule has 2 heterocycles. The molecule has 0 saturated heterocycles. The molecule has 180 valence electrons. The number of nitrogens with one attached hydrogen (secondary N) is 1. The summed E-state index contributed by atoms with van der Waals surface area (Å²) in [5.41, 5.74) is 5.16. The van der Waals surface area contributed by atoms with E-state index in [0.29, 0.717) is 32.1 Å². The zero-order valence-corrected chi connectivity index (χ0v) is 21.0. The quantitative estimate of drug-likeness (QED) is 0.463. The molecule has 0 bridgehead atoms. The fraction of sp³-hybridized carbons (Fsp3) is 0.429. The predicted octanol–water partition coefficient (Wildman–Crippen LogP) is 5.61. The molecule has 0 radical (unpaired) electrons. The lowest BCUT2D eigenvalue weighted by atomic mass is 9.86. The fourth-order valence-corrected chi connectivity index (χ4v) is 4.62. The minimum absolute atomic E-state index is 0.188. The van der Waals surface area contributed by atoms with E-state index in [9.17, 15) is 4.79 Å². The molecule has 6 nitrogen and oxygen atoms in total. The number of nitrogens with zero attached hydrogens (tertiary/aromatic N) is 1. The predicted molar refractivity (Wildman–Crippen MR) is 135 cm³/mol. The Morgan fingerprint density at radius 1 is 1.12 bits per heavy atom. The van der Waals surface area contributed by atoms with E-state index in [-0.39, 0.29) is 5.91 Å². The van der Waals surface area contributed by atoms with Gasteiger partial charge >= 0.3 is 0 Å². The zero-order chi connectivity index (χ0) is 24.5. The van der Waals surface area contributed by atoms with Gasteiger partial charge in [-0.3, -0.25) is 4.79 Å². The first-order valence-corrected chi connectivity index (χ1v) is 11.9. The van der Waals surface area contributed by atoms with E-state index in [1.54, 1.807) is 0 Å². The maximum atomic E-state index is 13.4. The van der Waals surface area contributed by atoms with Gasteiger partial charge in [0, 0.05) is 24.0 Å². The van der Waals surface area contributed by atoms with E-state index >= 15 is 0 Å². The van der Waals surface area contributed by atoms with Crippen LogP contribution >= 0.6 is 0 Å². The number of aromatic nitrogens is 1. The lowest BCUT2D eigenvalue weighted by Crippen LogP contribution is -2.48. The second kappa shape index (κ2) is 9.63. The van der Waals surface area contributed by atoms with E-state index in [1.807, 2.05) is 65.0 Å². The number of anilines is 1. The minimum atomic E-state index is -0.991. The topological polar surface area (TPSA) is 69.7 Å². The molecule has 1 aliphatic rings. The first-order valence-electron chi connectivity index (χ1n) is 11.9. The highest BCUT2D eigenvalue weighted by molar-refractivity contribution is 5.98. The number of aryl methyl sites for hydroxylation is 1. The second-order valence-corrected chi connectivity index (χ2v) is 9.19. The lowest BCUT2D eigenvalue weighted by Gasteiger charge is -2.37. The van der Waals surface area contributed by atoms with Crippen molar-refractivity contribution in [2.75, 3.05) is 25.1 Å². The second-order valence-electron chi connectivity index (χ2n) is 9.19. The number of carbonyl (C=O) groups excluding carboxylic acids is 1. The Bertz CT molecular complexity index is 1240. The summed E-state index contributed by atoms with van der Waals surface area (Å²) in [6.45, 7) is 13.7. The summed E-state index contributed by atoms with van der Waals surface area (Å²) in [6.07, 6.45) is 1.30. The standard InChI is InChI=1S/C28H34N2O4/c1-7-32-14-15-33-25-18(3)19(4)26-22(20(25)5)12-13-28(6,34-26)27(31)30-24-16-17(2)21-10-8-9-11-23(21)29-24/h8-11,16H,7,12-15H2,1-6H3,(H,29,30,31). The smallest absolute Gasteiger partial charge is 0.269 e. The summed E-state index contributed by atoms with van der Waals surface area (Å²) in [4.78, 5) is 18.0. The number of carbonyl (C=O) groups is 1. The highest BCUT2D eigenvalue weighted by Gasteiger charge is 2.41. The van der Waals surface area contributed by atoms with Crippen LogP contribution in [-0.4, -0.2) is 36.3 Å². The number of rotatable bonds is 7. The van der Waals surface area contributed by atoms with Crippen LogP contribution < -0.4 is 14.8 Å². The van der Waals surface area contributed by atoms with E-state index < -0.39 is 5.60 Å². The molecule has 1 aliphatic heterocycles. The summed E-state index contributed by atoms with van der Waals surface area (Å²) < 4.78 is 17.9. The number of hydrogen-bond donors (Lipinski definition) is 1. The summed E-state index contributed by atoms with van der Waals surface area (Å²) >= 11 is 0. The molecule has 2 aromatic carbocycles. The number of para-hydroxylation sites is 1. The van der Waals surface area contributed by atoms with E-state index in [1.165, 1.54) is 0 Å². The molecular weight excluding hydrogens is 428 g/mol. The lowest BCUT2D eigenvalue weighted by molar-refractivity contribution is -0.131. The van der Waals surface area contributed by atoms with Crippen LogP contribution in [0.15, 0.2) is 30.3 Å². The van der Waals surface area contributed by atoms with Crippen LogP contribution in [0.1, 0.15) is 48.1 Å². The van der Waals surface area contributed by atoms with E-state index in [4.69, 9.17) is 14.2 Å². The molecule has 0 spiro atoms. The summed E-state index contributed by atoms with van der Waals surface area (Å²) in [6, 6.07) is 9.84. The third kappa shape index (κ3) is 4.47. The van der Waals surface area contributed by atoms with Crippen LogP contribution in [0.2, 0.25) is 0 Å². The fourth-order valence-electron chi connectivity index (χ4n) is 4.62. The molecular formula is C28H34N2O4. The number of amides is 1. The van der Waals surface area contributed by atoms with Crippen molar-refractivity contribution >= 4 is 22.6 Å². The van der Waals surface area contributed by atoms with Gasteiger partial charge in [0.05, 0.1) is 12.1 Å². The maximum absolute atomic E-state index is 13.4. The van der Waals surface area contributed by atoms with Crippen molar-refractivity contribution in [3.05, 3.63) is 58.1 Å². The van der Waals surface area contributed by atoms with Gasteiger partial charge < -0.3 is 19.5 Å². The number of pyridine rings is 1. The maximum Gasteiger partial charge on any atom is 0.269 e. The van der Waals surface area contributed by atoms with Crippen LogP contribution in [0.25, 0.3) is 10.9 Å². The van der Waals surface area contributed by atoms with Gasteiger partial charge in [0.1, 0.15) is 23.9 Å². The van der Waals surface area contributed by atoms with Gasteiger partial charge in [-0.2, -0.15) is 0 Å². The Labute approximate surface area is 201 Å². The normalized spacial score (nSPS) is 17.2. The Hall–Kier alpha value is -3.12. The molecule has 0 saturated carbocycles. The molecule has 0 fully saturated rings. The Balaban J connectivity index is 1.57. The molecule has 1 N–H and O–H groups in total. The molecule has 1 amide bonds. The average Bonchev–Trinajstić information content (AvgIpc) is 2.82. The summed E-state index contributed by atoms with van der Waals surface area (Å²) in [5.74, 6) is 2.04. The third-order valence-corrected chi connectivity index (χ3v) is 6.81. The Morgan fingerprint density at radius 3 is 2.65 bits per heavy atom. The van der Waals surface area contributed by atoms with E-state index in [2.05, 4.69) is 17.2 Å². The van der Waals surface area contributed by atoms with Crippen LogP contribution in [0, 0.1) is 27.7 Å². The number of benzene rings is 2. The molecule has 6 heteroatoms. The van der Waals surface area contributed by atoms with Crippen molar-refractivity contribution in [1.82, 2.24) is 4.98 Å². The van der Waals surface area contributed by atoms with Crippen molar-refractivity contribution in [1.29, 1.82) is 0 Å². The zero-order valence-electron chi connectivity index (χ0n) is 21.0. The SMILES string of the molecule is CCOCCOc1c(C)c(C)c2c(c1C)CCC(C)(C(=O)Nc1cc(C)c3ccccc3n1)O2. The minimum Gasteiger partial charge on any atom is -0.491 e. The van der Waals surface area contributed by atoms with Gasteiger partial charge in [-0.15, -0.1) is 0 Å². The molecule has 4 rings (SSSR count). The van der Waals surface area contributed by atoms with Gasteiger partial charge in [0.15, 0.2) is 5.60 Å². The summed E-state index contributed by atoms with van der Waals surface area (Å²) in [7, 11) is 0. The van der Waals surface area contributed by atoms with Gasteiger partial charge in [-0.25, -0.2) is 4.98 Å². The van der Waals surface area contributed by atoms with Crippen LogP contribution in [0.5, 0.6) is 11.5 Å². The Morgan fingerprint density at radius 2 is 1.88 bits per heavy atom. The van der Waals surface area contributed by atoms with Gasteiger partial charge in [-0.1, -0.05) is 18.2 Å². The molecule has 1 unspecified atom stereocenters. The largest absolute Gasteiger partial charge is 0.491 e. The first-order chi connectivity index (χ1) is 16.2. The van der Waals surface area contributed by atoms with Crippen LogP contribution in [0.4, 0.5) is 5.82 Å². The van der Waals surface area contributed by atoms with Crippen molar-refractivity contribution in [2.45, 2.75) is 60.0 Å². The monoisotopic (exact) mass is 462 g/mol. The van der Waals surface area contributed by atoms with Crippen molar-refractivity contribution in [2.24, 2.45) is 0 Å². The van der Waals surface area contributed by atoms with Gasteiger partial charge in [0.2, 0.25) is 0 Å². The molecule has 1 atom stereocenters. The highest BCUT2D eigenvalue weighted by atomic mass is 16.5. The van der Waals surface area contributed by atoms with Gasteiger partial charge in [-0.05, 0) is 82.3 Å². The molecule has 3 aromatic rings. The number of ether oxygens (including phenoxy) is 3. The van der Waals surface area contributed by atoms with E-state index in [0.717, 1.165) is 56.6 Å². The molecule has 1 aromatic heterocycles. The van der Waals surface area contributed by atoms with Crippen molar-refractivity contribution in [3.63, 3.8) is 0 Å². The summed E-state index contributed by atoms with van der Waals surface area (Å²) in [5, 5.41) is 4.08. The first kappa shape index (κ1) is 24.0. The average molecular weight is 463 g/mol. The highest BCUT2D eigenvalue weighted by Crippen LogP contribution is 2.44. The number of fused-ring (bicyclic) bond motifs is 2. The van der Waals surface area contributed by atoms with Crippen LogP contribution in [-0.2, 0) is 16.0 Å². The Kier molecular flexibility index (Phi) is 6.80.